The van der Waals surface area contributed by atoms with Crippen LogP contribution in [0.25, 0.3) is 0 Å². The van der Waals surface area contributed by atoms with Crippen LogP contribution in [-0.4, -0.2) is 42.6 Å². The molecule has 0 aromatic rings. The number of nitrogens with two attached hydrogens (primary N) is 1. The molecule has 0 aromatic heterocycles. The van der Waals surface area contributed by atoms with Crippen molar-refractivity contribution in [2.75, 3.05) is 19.6 Å². The Morgan fingerprint density at radius 1 is 1.44 bits per heavy atom. The second-order valence-corrected chi connectivity index (χ2v) is 5.03. The first-order valence-electron chi connectivity index (χ1n) is 6.35. The zero-order valence-corrected chi connectivity index (χ0v) is 10.0. The molecule has 0 spiro atoms. The minimum Gasteiger partial charge on any atom is -0.365 e. The molecule has 16 heavy (non-hydrogen) atoms. The fourth-order valence-corrected chi connectivity index (χ4v) is 2.69. The largest absolute Gasteiger partial charge is 0.365 e. The highest BCUT2D eigenvalue weighted by Gasteiger charge is 2.34. The molecule has 0 aliphatic carbocycles. The van der Waals surface area contributed by atoms with Crippen molar-refractivity contribution in [1.29, 1.82) is 0 Å². The van der Waals surface area contributed by atoms with Gasteiger partial charge in [-0.1, -0.05) is 0 Å². The van der Waals surface area contributed by atoms with Gasteiger partial charge in [0.05, 0.1) is 6.10 Å². The van der Waals surface area contributed by atoms with E-state index in [9.17, 15) is 4.79 Å². The van der Waals surface area contributed by atoms with E-state index in [0.29, 0.717) is 5.92 Å². The summed E-state index contributed by atoms with van der Waals surface area (Å²) in [5, 5.41) is 0. The fourth-order valence-electron chi connectivity index (χ4n) is 2.69. The highest BCUT2D eigenvalue weighted by molar-refractivity contribution is 5.81. The van der Waals surface area contributed by atoms with E-state index in [-0.39, 0.29) is 18.1 Å². The van der Waals surface area contributed by atoms with Gasteiger partial charge in [0.15, 0.2) is 0 Å². The van der Waals surface area contributed by atoms with Crippen LogP contribution in [0.2, 0.25) is 0 Å². The normalized spacial score (nSPS) is 34.6. The number of hydrogen-bond acceptors (Lipinski definition) is 3. The van der Waals surface area contributed by atoms with Gasteiger partial charge in [-0.2, -0.15) is 0 Å². The van der Waals surface area contributed by atoms with Gasteiger partial charge in [0.25, 0.3) is 5.91 Å². The van der Waals surface area contributed by atoms with E-state index in [4.69, 9.17) is 10.5 Å². The standard InChI is InChI=1S/C12H22N2O2/c1-9-2-3-11(16-9)12(15)14-7-5-10(8-14)4-6-13/h9-11H,2-8,13H2,1H3. The molecule has 2 rings (SSSR count). The maximum Gasteiger partial charge on any atom is 0.251 e. The van der Waals surface area contributed by atoms with Gasteiger partial charge >= 0.3 is 0 Å². The summed E-state index contributed by atoms with van der Waals surface area (Å²) < 4.78 is 5.61. The van der Waals surface area contributed by atoms with Crippen LogP contribution in [0.15, 0.2) is 0 Å². The third kappa shape index (κ3) is 2.55. The van der Waals surface area contributed by atoms with Gasteiger partial charge in [-0.25, -0.2) is 0 Å². The summed E-state index contributed by atoms with van der Waals surface area (Å²) in [6.07, 6.45) is 4.11. The summed E-state index contributed by atoms with van der Waals surface area (Å²) >= 11 is 0. The number of rotatable bonds is 3. The highest BCUT2D eigenvalue weighted by atomic mass is 16.5. The fraction of sp³-hybridized carbons (Fsp3) is 0.917. The first-order valence-corrected chi connectivity index (χ1v) is 6.35. The van der Waals surface area contributed by atoms with Gasteiger partial charge in [0, 0.05) is 13.1 Å². The lowest BCUT2D eigenvalue weighted by Crippen LogP contribution is -2.37. The Morgan fingerprint density at radius 2 is 2.25 bits per heavy atom. The Bertz CT molecular complexity index is 257. The second kappa shape index (κ2) is 5.15. The summed E-state index contributed by atoms with van der Waals surface area (Å²) in [6.45, 7) is 4.53. The Balaban J connectivity index is 1.82. The number of ether oxygens (including phenoxy) is 1. The van der Waals surface area contributed by atoms with E-state index >= 15 is 0 Å². The van der Waals surface area contributed by atoms with Crippen molar-refractivity contribution in [3.8, 4) is 0 Å². The van der Waals surface area contributed by atoms with E-state index in [0.717, 1.165) is 45.3 Å². The Hall–Kier alpha value is -0.610. The molecule has 1 amide bonds. The molecule has 2 aliphatic heterocycles. The predicted octanol–water partition coefficient (Wildman–Crippen LogP) is 0.751. The lowest BCUT2D eigenvalue weighted by Gasteiger charge is -2.20. The number of carbonyl (C=O) groups excluding carboxylic acids is 1. The first-order chi connectivity index (χ1) is 7.70. The zero-order valence-electron chi connectivity index (χ0n) is 10.0. The first kappa shape index (κ1) is 11.9. The van der Waals surface area contributed by atoms with Crippen molar-refractivity contribution in [3.05, 3.63) is 0 Å². The van der Waals surface area contributed by atoms with E-state index in [1.54, 1.807) is 0 Å². The number of carbonyl (C=O) groups is 1. The van der Waals surface area contributed by atoms with Crippen molar-refractivity contribution >= 4 is 5.91 Å². The molecule has 2 saturated heterocycles. The van der Waals surface area contributed by atoms with E-state index < -0.39 is 0 Å². The molecule has 2 fully saturated rings. The molecule has 4 heteroatoms. The van der Waals surface area contributed by atoms with Gasteiger partial charge in [-0.15, -0.1) is 0 Å². The topological polar surface area (TPSA) is 55.6 Å². The molecule has 92 valence electrons. The van der Waals surface area contributed by atoms with Gasteiger partial charge in [-0.05, 0) is 45.1 Å². The molecule has 3 atom stereocenters. The molecule has 2 heterocycles. The van der Waals surface area contributed by atoms with Crippen molar-refractivity contribution in [2.24, 2.45) is 11.7 Å². The molecule has 0 saturated carbocycles. The molecule has 2 aliphatic rings. The van der Waals surface area contributed by atoms with Gasteiger partial charge in [0.2, 0.25) is 0 Å². The quantitative estimate of drug-likeness (QED) is 0.772. The summed E-state index contributed by atoms with van der Waals surface area (Å²) in [4.78, 5) is 14.1. The summed E-state index contributed by atoms with van der Waals surface area (Å²) in [5.41, 5.74) is 5.54. The van der Waals surface area contributed by atoms with Crippen LogP contribution in [0.3, 0.4) is 0 Å². The SMILES string of the molecule is CC1CCC(C(=O)N2CCC(CCN)C2)O1. The van der Waals surface area contributed by atoms with Crippen LogP contribution < -0.4 is 5.73 Å². The second-order valence-electron chi connectivity index (χ2n) is 5.03. The van der Waals surface area contributed by atoms with Crippen LogP contribution in [-0.2, 0) is 9.53 Å². The van der Waals surface area contributed by atoms with Gasteiger partial charge < -0.3 is 15.4 Å². The lowest BCUT2D eigenvalue weighted by molar-refractivity contribution is -0.141. The molecular formula is C12H22N2O2. The number of hydrogen-bond donors (Lipinski definition) is 1. The maximum absolute atomic E-state index is 12.1. The maximum atomic E-state index is 12.1. The lowest BCUT2D eigenvalue weighted by atomic mass is 10.1. The number of nitrogens with zero attached hydrogens (tertiary/aromatic N) is 1. The Labute approximate surface area is 97.1 Å². The summed E-state index contributed by atoms with van der Waals surface area (Å²) in [7, 11) is 0. The third-order valence-electron chi connectivity index (χ3n) is 3.68. The summed E-state index contributed by atoms with van der Waals surface area (Å²) in [5.74, 6) is 0.802. The van der Waals surface area contributed by atoms with Crippen LogP contribution in [0.5, 0.6) is 0 Å². The predicted molar refractivity (Wildman–Crippen MR) is 61.9 cm³/mol. The molecule has 0 aromatic carbocycles. The monoisotopic (exact) mass is 226 g/mol. The highest BCUT2D eigenvalue weighted by Crippen LogP contribution is 2.25. The van der Waals surface area contributed by atoms with E-state index in [1.807, 2.05) is 11.8 Å². The molecule has 0 radical (unpaired) electrons. The average molecular weight is 226 g/mol. The molecule has 3 unspecified atom stereocenters. The van der Waals surface area contributed by atoms with Gasteiger partial charge in [0.1, 0.15) is 6.10 Å². The Kier molecular flexibility index (Phi) is 3.82. The zero-order chi connectivity index (χ0) is 11.5. The van der Waals surface area contributed by atoms with Gasteiger partial charge in [-0.3, -0.25) is 4.79 Å². The molecule has 2 N–H and O–H groups in total. The van der Waals surface area contributed by atoms with Crippen LogP contribution in [0, 0.1) is 5.92 Å². The number of likely N-dealkylation sites (tertiary alicyclic amines) is 1. The van der Waals surface area contributed by atoms with Crippen molar-refractivity contribution in [2.45, 2.75) is 44.8 Å². The number of amides is 1. The molecule has 0 bridgehead atoms. The molecule has 4 nitrogen and oxygen atoms in total. The molecular weight excluding hydrogens is 204 g/mol. The Morgan fingerprint density at radius 3 is 2.88 bits per heavy atom. The van der Waals surface area contributed by atoms with E-state index in [2.05, 4.69) is 0 Å². The van der Waals surface area contributed by atoms with Crippen molar-refractivity contribution < 1.29 is 9.53 Å². The minimum absolute atomic E-state index is 0.174. The summed E-state index contributed by atoms with van der Waals surface area (Å²) in [6, 6.07) is 0. The van der Waals surface area contributed by atoms with Crippen molar-refractivity contribution in [1.82, 2.24) is 4.90 Å². The van der Waals surface area contributed by atoms with Crippen LogP contribution in [0.4, 0.5) is 0 Å². The minimum atomic E-state index is -0.174. The van der Waals surface area contributed by atoms with Crippen LogP contribution in [0.1, 0.15) is 32.6 Å². The van der Waals surface area contributed by atoms with Crippen molar-refractivity contribution in [3.63, 3.8) is 0 Å². The van der Waals surface area contributed by atoms with Crippen LogP contribution >= 0.6 is 0 Å². The van der Waals surface area contributed by atoms with E-state index in [1.165, 1.54) is 0 Å². The smallest absolute Gasteiger partial charge is 0.251 e. The third-order valence-corrected chi connectivity index (χ3v) is 3.68. The average Bonchev–Trinajstić information content (AvgIpc) is 2.87.